The summed E-state index contributed by atoms with van der Waals surface area (Å²) in [5, 5.41) is 0. The van der Waals surface area contributed by atoms with Crippen molar-refractivity contribution in [2.24, 2.45) is 0 Å². The Balaban J connectivity index is 1.67. The van der Waals surface area contributed by atoms with E-state index in [9.17, 15) is 0 Å². The van der Waals surface area contributed by atoms with Crippen molar-refractivity contribution in [2.45, 2.75) is 39.5 Å². The van der Waals surface area contributed by atoms with Crippen LogP contribution in [0.4, 0.5) is 0 Å². The van der Waals surface area contributed by atoms with Gasteiger partial charge in [0.05, 0.1) is 13.2 Å². The second-order valence-electron chi connectivity index (χ2n) is 5.89. The predicted molar refractivity (Wildman–Crippen MR) is 79.9 cm³/mol. The maximum absolute atomic E-state index is 5.84. The molecule has 1 aliphatic heterocycles. The van der Waals surface area contributed by atoms with Gasteiger partial charge in [0.1, 0.15) is 17.8 Å². The van der Waals surface area contributed by atoms with Gasteiger partial charge in [0, 0.05) is 43.4 Å². The average molecular weight is 289 g/mol. The number of aromatic nitrogens is 4. The van der Waals surface area contributed by atoms with E-state index in [1.165, 1.54) is 0 Å². The van der Waals surface area contributed by atoms with Crippen molar-refractivity contribution >= 4 is 0 Å². The van der Waals surface area contributed by atoms with Crippen LogP contribution in [0, 0.1) is 6.92 Å². The standard InChI is InChI=1S/C15H23N5O/c1-11(2)20-5-4-16-14(20)10-19-6-7-21-13(9-19)15-17-8-12(3)18-15/h4-5,8,11,13H,6-7,9-10H2,1-3H3,(H,17,18). The number of ether oxygens (including phenoxy) is 1. The van der Waals surface area contributed by atoms with Crippen molar-refractivity contribution < 1.29 is 4.74 Å². The molecule has 0 radical (unpaired) electrons. The third-order valence-electron chi connectivity index (χ3n) is 3.85. The fourth-order valence-corrected chi connectivity index (χ4v) is 2.74. The lowest BCUT2D eigenvalue weighted by molar-refractivity contribution is -0.0379. The second kappa shape index (κ2) is 5.99. The highest BCUT2D eigenvalue weighted by Gasteiger charge is 2.25. The van der Waals surface area contributed by atoms with Gasteiger partial charge in [0.25, 0.3) is 0 Å². The monoisotopic (exact) mass is 289 g/mol. The lowest BCUT2D eigenvalue weighted by Crippen LogP contribution is -2.38. The molecule has 1 aliphatic rings. The molecule has 3 heterocycles. The molecule has 1 saturated heterocycles. The van der Waals surface area contributed by atoms with Crippen molar-refractivity contribution in [3.05, 3.63) is 35.9 Å². The summed E-state index contributed by atoms with van der Waals surface area (Å²) in [6.45, 7) is 9.73. The topological polar surface area (TPSA) is 59.0 Å². The van der Waals surface area contributed by atoms with Crippen LogP contribution in [0.3, 0.4) is 0 Å². The molecule has 1 unspecified atom stereocenters. The van der Waals surface area contributed by atoms with Gasteiger partial charge in [-0.3, -0.25) is 4.90 Å². The van der Waals surface area contributed by atoms with Gasteiger partial charge in [0.15, 0.2) is 0 Å². The number of nitrogens with one attached hydrogen (secondary N) is 1. The summed E-state index contributed by atoms with van der Waals surface area (Å²) < 4.78 is 8.07. The Bertz CT molecular complexity index is 588. The number of imidazole rings is 2. The highest BCUT2D eigenvalue weighted by atomic mass is 16.5. The molecule has 3 rings (SSSR count). The number of morpholine rings is 1. The molecule has 2 aromatic rings. The van der Waals surface area contributed by atoms with Crippen molar-refractivity contribution in [1.82, 2.24) is 24.4 Å². The first-order valence-electron chi connectivity index (χ1n) is 7.50. The minimum absolute atomic E-state index is 0.0231. The molecule has 0 saturated carbocycles. The molecular formula is C15H23N5O. The third-order valence-corrected chi connectivity index (χ3v) is 3.85. The van der Waals surface area contributed by atoms with Crippen LogP contribution < -0.4 is 0 Å². The maximum atomic E-state index is 5.84. The SMILES string of the molecule is Cc1cnc(C2CN(Cc3nccn3C(C)C)CCO2)[nH]1. The smallest absolute Gasteiger partial charge is 0.136 e. The van der Waals surface area contributed by atoms with Crippen LogP contribution in [0.15, 0.2) is 18.6 Å². The minimum atomic E-state index is 0.0231. The van der Waals surface area contributed by atoms with E-state index in [1.54, 1.807) is 0 Å². The van der Waals surface area contributed by atoms with Gasteiger partial charge in [-0.05, 0) is 20.8 Å². The number of nitrogens with zero attached hydrogens (tertiary/aromatic N) is 4. The molecule has 21 heavy (non-hydrogen) atoms. The summed E-state index contributed by atoms with van der Waals surface area (Å²) in [4.78, 5) is 14.5. The van der Waals surface area contributed by atoms with E-state index in [0.717, 1.165) is 43.6 Å². The molecule has 6 nitrogen and oxygen atoms in total. The van der Waals surface area contributed by atoms with E-state index in [-0.39, 0.29) is 6.10 Å². The zero-order valence-corrected chi connectivity index (χ0v) is 12.9. The molecule has 1 N–H and O–H groups in total. The Labute approximate surface area is 125 Å². The fraction of sp³-hybridized carbons (Fsp3) is 0.600. The Morgan fingerprint density at radius 2 is 2.29 bits per heavy atom. The third kappa shape index (κ3) is 3.16. The lowest BCUT2D eigenvalue weighted by Gasteiger charge is -2.32. The number of hydrogen-bond acceptors (Lipinski definition) is 4. The van der Waals surface area contributed by atoms with E-state index in [1.807, 2.05) is 25.5 Å². The number of aryl methyl sites for hydroxylation is 1. The zero-order chi connectivity index (χ0) is 14.8. The van der Waals surface area contributed by atoms with Crippen molar-refractivity contribution in [3.8, 4) is 0 Å². The van der Waals surface area contributed by atoms with Crippen molar-refractivity contribution in [1.29, 1.82) is 0 Å². The van der Waals surface area contributed by atoms with E-state index < -0.39 is 0 Å². The highest BCUT2D eigenvalue weighted by Crippen LogP contribution is 2.21. The first-order chi connectivity index (χ1) is 10.1. The van der Waals surface area contributed by atoms with Gasteiger partial charge >= 0.3 is 0 Å². The lowest BCUT2D eigenvalue weighted by atomic mass is 10.2. The van der Waals surface area contributed by atoms with Gasteiger partial charge in [-0.15, -0.1) is 0 Å². The van der Waals surface area contributed by atoms with Crippen molar-refractivity contribution in [2.75, 3.05) is 19.7 Å². The molecule has 0 amide bonds. The number of H-pyrrole nitrogens is 1. The summed E-state index contributed by atoms with van der Waals surface area (Å²) >= 11 is 0. The van der Waals surface area contributed by atoms with Crippen LogP contribution in [0.2, 0.25) is 0 Å². The van der Waals surface area contributed by atoms with Gasteiger partial charge in [-0.1, -0.05) is 0 Å². The van der Waals surface area contributed by atoms with Gasteiger partial charge in [0.2, 0.25) is 0 Å². The molecule has 114 valence electrons. The van der Waals surface area contributed by atoms with Crippen LogP contribution >= 0.6 is 0 Å². The fourth-order valence-electron chi connectivity index (χ4n) is 2.74. The average Bonchev–Trinajstić information content (AvgIpc) is 3.08. The molecule has 2 aromatic heterocycles. The van der Waals surface area contributed by atoms with Crippen LogP contribution in [-0.2, 0) is 11.3 Å². The molecule has 1 fully saturated rings. The highest BCUT2D eigenvalue weighted by molar-refractivity contribution is 5.03. The van der Waals surface area contributed by atoms with Crippen LogP contribution in [0.5, 0.6) is 0 Å². The Morgan fingerprint density at radius 3 is 3.00 bits per heavy atom. The van der Waals surface area contributed by atoms with Gasteiger partial charge < -0.3 is 14.3 Å². The maximum Gasteiger partial charge on any atom is 0.136 e. The number of aromatic amines is 1. The quantitative estimate of drug-likeness (QED) is 0.936. The second-order valence-corrected chi connectivity index (χ2v) is 5.89. The molecule has 1 atom stereocenters. The summed E-state index contributed by atoms with van der Waals surface area (Å²) in [5.41, 5.74) is 1.07. The zero-order valence-electron chi connectivity index (χ0n) is 12.9. The molecular weight excluding hydrogens is 266 g/mol. The van der Waals surface area contributed by atoms with E-state index in [4.69, 9.17) is 4.74 Å². The van der Waals surface area contributed by atoms with Gasteiger partial charge in [-0.25, -0.2) is 9.97 Å². The van der Waals surface area contributed by atoms with Crippen LogP contribution in [0.25, 0.3) is 0 Å². The summed E-state index contributed by atoms with van der Waals surface area (Å²) in [6.07, 6.45) is 5.80. The summed E-state index contributed by atoms with van der Waals surface area (Å²) in [5.74, 6) is 2.03. The van der Waals surface area contributed by atoms with E-state index in [0.29, 0.717) is 6.04 Å². The predicted octanol–water partition coefficient (Wildman–Crippen LogP) is 2.07. The first-order valence-corrected chi connectivity index (χ1v) is 7.50. The summed E-state index contributed by atoms with van der Waals surface area (Å²) in [6, 6.07) is 0.437. The number of rotatable bonds is 4. The van der Waals surface area contributed by atoms with Crippen molar-refractivity contribution in [3.63, 3.8) is 0 Å². The molecule has 6 heteroatoms. The molecule has 0 bridgehead atoms. The van der Waals surface area contributed by atoms with Crippen LogP contribution in [-0.4, -0.2) is 44.1 Å². The van der Waals surface area contributed by atoms with Gasteiger partial charge in [-0.2, -0.15) is 0 Å². The molecule has 0 aromatic carbocycles. The summed E-state index contributed by atoms with van der Waals surface area (Å²) in [7, 11) is 0. The van der Waals surface area contributed by atoms with E-state index in [2.05, 4.69) is 38.3 Å². The number of hydrogen-bond donors (Lipinski definition) is 1. The normalized spacial score (nSPS) is 20.3. The van der Waals surface area contributed by atoms with E-state index >= 15 is 0 Å². The minimum Gasteiger partial charge on any atom is -0.368 e. The Morgan fingerprint density at radius 1 is 1.43 bits per heavy atom. The first kappa shape index (κ1) is 14.3. The Hall–Kier alpha value is -1.66. The molecule has 0 spiro atoms. The van der Waals surface area contributed by atoms with Crippen LogP contribution in [0.1, 0.15) is 43.3 Å². The molecule has 0 aliphatic carbocycles. The largest absolute Gasteiger partial charge is 0.368 e. The Kier molecular flexibility index (Phi) is 4.07.